The van der Waals surface area contributed by atoms with E-state index >= 15 is 0 Å². The Labute approximate surface area is 111 Å². The van der Waals surface area contributed by atoms with Crippen LogP contribution in [0.5, 0.6) is 0 Å². The molecule has 2 aliphatic rings. The third-order valence-corrected chi connectivity index (χ3v) is 3.97. The molecular weight excluding hydrogens is 248 g/mol. The van der Waals surface area contributed by atoms with Crippen LogP contribution in [0.3, 0.4) is 0 Å². The number of hydrogen-bond donors (Lipinski definition) is 0. The SMILES string of the molecule is CSC1=NCN(CC2CCCCC2)C(N=C=O)=N1. The van der Waals surface area contributed by atoms with Crippen molar-refractivity contribution in [3.63, 3.8) is 0 Å². The standard InChI is InChI=1S/C12H18N4OS/c1-18-12-13-8-16(11(15-12)14-9-17)7-10-5-3-2-4-6-10/h10H,2-8H2,1H3. The molecule has 1 saturated carbocycles. The maximum atomic E-state index is 10.5. The van der Waals surface area contributed by atoms with Gasteiger partial charge in [-0.1, -0.05) is 31.0 Å². The largest absolute Gasteiger partial charge is 0.320 e. The molecular formula is C12H18N4OS. The van der Waals surface area contributed by atoms with Crippen molar-refractivity contribution < 1.29 is 4.79 Å². The van der Waals surface area contributed by atoms with E-state index in [1.807, 2.05) is 11.2 Å². The predicted molar refractivity (Wildman–Crippen MR) is 74.7 cm³/mol. The fourth-order valence-electron chi connectivity index (χ4n) is 2.47. The van der Waals surface area contributed by atoms with Crippen molar-refractivity contribution in [3.05, 3.63) is 0 Å². The average Bonchev–Trinajstić information content (AvgIpc) is 2.42. The Balaban J connectivity index is 2.01. The number of hydrogen-bond acceptors (Lipinski definition) is 6. The molecule has 6 heteroatoms. The van der Waals surface area contributed by atoms with E-state index in [4.69, 9.17) is 0 Å². The summed E-state index contributed by atoms with van der Waals surface area (Å²) in [5.74, 6) is 1.15. The summed E-state index contributed by atoms with van der Waals surface area (Å²) in [5, 5.41) is 0.684. The van der Waals surface area contributed by atoms with Gasteiger partial charge >= 0.3 is 0 Å². The van der Waals surface area contributed by atoms with Crippen molar-refractivity contribution in [2.24, 2.45) is 20.9 Å². The van der Waals surface area contributed by atoms with Crippen LogP contribution in [0.15, 0.2) is 15.0 Å². The Kier molecular flexibility index (Phi) is 4.96. The number of nitrogens with zero attached hydrogens (tertiary/aromatic N) is 4. The molecule has 18 heavy (non-hydrogen) atoms. The lowest BCUT2D eigenvalue weighted by atomic mass is 9.89. The first-order valence-electron chi connectivity index (χ1n) is 6.33. The molecule has 1 heterocycles. The molecule has 5 nitrogen and oxygen atoms in total. The minimum atomic E-state index is 0.468. The van der Waals surface area contributed by atoms with Crippen LogP contribution in [0.25, 0.3) is 0 Å². The summed E-state index contributed by atoms with van der Waals surface area (Å²) < 4.78 is 0. The van der Waals surface area contributed by atoms with Crippen LogP contribution in [0.1, 0.15) is 32.1 Å². The highest BCUT2D eigenvalue weighted by molar-refractivity contribution is 8.13. The van der Waals surface area contributed by atoms with Gasteiger partial charge in [0.15, 0.2) is 5.17 Å². The van der Waals surface area contributed by atoms with Crippen molar-refractivity contribution in [2.45, 2.75) is 32.1 Å². The molecule has 0 unspecified atom stereocenters. The molecule has 0 aromatic heterocycles. The Morgan fingerprint density at radius 1 is 1.44 bits per heavy atom. The van der Waals surface area contributed by atoms with E-state index in [-0.39, 0.29) is 0 Å². The molecule has 0 radical (unpaired) electrons. The molecule has 0 N–H and O–H groups in total. The lowest BCUT2D eigenvalue weighted by molar-refractivity contribution is 0.274. The van der Waals surface area contributed by atoms with Gasteiger partial charge in [0.2, 0.25) is 12.0 Å². The minimum Gasteiger partial charge on any atom is -0.320 e. The minimum absolute atomic E-state index is 0.468. The second-order valence-corrected chi connectivity index (χ2v) is 5.40. The zero-order valence-electron chi connectivity index (χ0n) is 10.6. The number of carbonyl (C=O) groups excluding carboxylic acids is 1. The smallest absolute Gasteiger partial charge is 0.243 e. The zero-order chi connectivity index (χ0) is 12.8. The maximum absolute atomic E-state index is 10.5. The van der Waals surface area contributed by atoms with Crippen LogP contribution >= 0.6 is 11.8 Å². The summed E-state index contributed by atoms with van der Waals surface area (Å²) in [4.78, 5) is 24.8. The van der Waals surface area contributed by atoms with Crippen molar-refractivity contribution >= 4 is 29.0 Å². The number of aliphatic imine (C=N–C) groups is 3. The van der Waals surface area contributed by atoms with Gasteiger partial charge in [0, 0.05) is 6.54 Å². The Morgan fingerprint density at radius 2 is 2.22 bits per heavy atom. The molecule has 2 rings (SSSR count). The lowest BCUT2D eigenvalue weighted by Crippen LogP contribution is -2.37. The van der Waals surface area contributed by atoms with Gasteiger partial charge in [-0.25, -0.2) is 9.79 Å². The van der Waals surface area contributed by atoms with Crippen molar-refractivity contribution in [1.82, 2.24) is 4.90 Å². The summed E-state index contributed by atoms with van der Waals surface area (Å²) in [6, 6.07) is 0. The first-order chi connectivity index (χ1) is 8.83. The van der Waals surface area contributed by atoms with Crippen LogP contribution in [0.4, 0.5) is 0 Å². The molecule has 0 spiro atoms. The highest BCUT2D eigenvalue weighted by Crippen LogP contribution is 2.25. The van der Waals surface area contributed by atoms with Gasteiger partial charge in [0.1, 0.15) is 6.67 Å². The molecule has 0 bridgehead atoms. The summed E-state index contributed by atoms with van der Waals surface area (Å²) >= 11 is 1.47. The number of isocyanates is 1. The van der Waals surface area contributed by atoms with Gasteiger partial charge in [0.05, 0.1) is 0 Å². The highest BCUT2D eigenvalue weighted by atomic mass is 32.2. The molecule has 0 aromatic carbocycles. The Morgan fingerprint density at radius 3 is 2.89 bits per heavy atom. The van der Waals surface area contributed by atoms with E-state index in [1.54, 1.807) is 6.08 Å². The van der Waals surface area contributed by atoms with E-state index in [2.05, 4.69) is 15.0 Å². The second kappa shape index (κ2) is 6.71. The van der Waals surface area contributed by atoms with Crippen LogP contribution in [-0.4, -0.2) is 41.6 Å². The quantitative estimate of drug-likeness (QED) is 0.569. The normalized spacial score (nSPS) is 21.1. The van der Waals surface area contributed by atoms with E-state index in [9.17, 15) is 4.79 Å². The fraction of sp³-hybridized carbons (Fsp3) is 0.750. The van der Waals surface area contributed by atoms with Crippen LogP contribution in [0.2, 0.25) is 0 Å². The number of thioether (sulfide) groups is 1. The van der Waals surface area contributed by atoms with Gasteiger partial charge in [-0.15, -0.1) is 4.99 Å². The third kappa shape index (κ3) is 3.43. The summed E-state index contributed by atoms with van der Waals surface area (Å²) in [6.45, 7) is 1.45. The fourth-order valence-corrected chi connectivity index (χ4v) is 2.83. The molecule has 0 saturated heterocycles. The van der Waals surface area contributed by atoms with Gasteiger partial charge in [-0.3, -0.25) is 0 Å². The van der Waals surface area contributed by atoms with Gasteiger partial charge in [-0.2, -0.15) is 4.99 Å². The zero-order valence-corrected chi connectivity index (χ0v) is 11.4. The molecule has 0 aromatic rings. The second-order valence-electron chi connectivity index (χ2n) is 4.63. The number of amidine groups is 1. The molecule has 0 amide bonds. The van der Waals surface area contributed by atoms with Crippen LogP contribution in [0, 0.1) is 5.92 Å². The van der Waals surface area contributed by atoms with Gasteiger partial charge in [-0.05, 0) is 25.0 Å². The van der Waals surface area contributed by atoms with Gasteiger partial charge in [0.25, 0.3) is 0 Å². The molecule has 1 aliphatic carbocycles. The van der Waals surface area contributed by atoms with Gasteiger partial charge < -0.3 is 4.90 Å². The first-order valence-corrected chi connectivity index (χ1v) is 7.56. The monoisotopic (exact) mass is 266 g/mol. The third-order valence-electron chi connectivity index (χ3n) is 3.39. The number of rotatable bonds is 2. The Bertz CT molecular complexity index is 395. The van der Waals surface area contributed by atoms with E-state index < -0.39 is 0 Å². The van der Waals surface area contributed by atoms with Crippen molar-refractivity contribution in [1.29, 1.82) is 0 Å². The van der Waals surface area contributed by atoms with E-state index in [1.165, 1.54) is 43.9 Å². The predicted octanol–water partition coefficient (Wildman–Crippen LogP) is 2.25. The summed E-state index contributed by atoms with van der Waals surface area (Å²) in [7, 11) is 0. The van der Waals surface area contributed by atoms with E-state index in [0.29, 0.717) is 23.7 Å². The highest BCUT2D eigenvalue weighted by Gasteiger charge is 2.22. The molecule has 1 aliphatic heterocycles. The van der Waals surface area contributed by atoms with Crippen molar-refractivity contribution in [2.75, 3.05) is 19.5 Å². The lowest BCUT2D eigenvalue weighted by Gasteiger charge is -2.30. The number of guanidine groups is 1. The van der Waals surface area contributed by atoms with Crippen LogP contribution < -0.4 is 0 Å². The van der Waals surface area contributed by atoms with E-state index in [0.717, 1.165) is 6.54 Å². The molecule has 98 valence electrons. The summed E-state index contributed by atoms with van der Waals surface area (Å²) in [6.07, 6.45) is 9.98. The molecule has 0 atom stereocenters. The topological polar surface area (TPSA) is 57.4 Å². The van der Waals surface area contributed by atoms with Crippen LogP contribution in [-0.2, 0) is 4.79 Å². The first kappa shape index (κ1) is 13.3. The van der Waals surface area contributed by atoms with Crippen molar-refractivity contribution in [3.8, 4) is 0 Å². The maximum Gasteiger partial charge on any atom is 0.243 e. The molecule has 1 fully saturated rings. The average molecular weight is 266 g/mol. The summed E-state index contributed by atoms with van der Waals surface area (Å²) in [5.41, 5.74) is 0. The Hall–Kier alpha value is -1.13.